The van der Waals surface area contributed by atoms with Gasteiger partial charge in [0.25, 0.3) is 0 Å². The van der Waals surface area contributed by atoms with Crippen molar-refractivity contribution in [2.45, 2.75) is 84.6 Å². The smallest absolute Gasteiger partial charge is 0.139 e. The fourth-order valence-electron chi connectivity index (χ4n) is 10.3. The van der Waals surface area contributed by atoms with Crippen molar-refractivity contribution >= 4 is 0 Å². The molecular weight excluding hydrogens is 617 g/mol. The highest BCUT2D eigenvalue weighted by Gasteiger charge is 2.69. The van der Waals surface area contributed by atoms with Gasteiger partial charge >= 0.3 is 0 Å². The van der Waals surface area contributed by atoms with Gasteiger partial charge in [-0.05, 0) is 105 Å². The quantitative estimate of drug-likeness (QED) is 0.158. The first kappa shape index (κ1) is 33.5. The third-order valence-corrected chi connectivity index (χ3v) is 12.0. The second-order valence-electron chi connectivity index (χ2n) is 14.9. The summed E-state index contributed by atoms with van der Waals surface area (Å²) >= 11 is 0. The van der Waals surface area contributed by atoms with Gasteiger partial charge in [0, 0.05) is 0 Å². The molecule has 4 unspecified atom stereocenters. The zero-order valence-corrected chi connectivity index (χ0v) is 27.9. The Morgan fingerprint density at radius 1 is 0.340 bits per heavy atom. The van der Waals surface area contributed by atoms with Gasteiger partial charge in [0.2, 0.25) is 0 Å². The van der Waals surface area contributed by atoms with E-state index in [4.69, 9.17) is 25.7 Å². The fourth-order valence-corrected chi connectivity index (χ4v) is 10.3. The second kappa shape index (κ2) is 12.4. The minimum atomic E-state index is -0.977. The van der Waals surface area contributed by atoms with E-state index in [0.29, 0.717) is 22.3 Å². The van der Waals surface area contributed by atoms with Gasteiger partial charge in [-0.15, -0.1) is 25.7 Å². The molecule has 0 spiro atoms. The van der Waals surface area contributed by atoms with E-state index in [1.807, 2.05) is 48.5 Å². The highest BCUT2D eigenvalue weighted by Crippen LogP contribution is 2.74. The summed E-state index contributed by atoms with van der Waals surface area (Å²) < 4.78 is 0. The van der Waals surface area contributed by atoms with E-state index in [9.17, 15) is 20.4 Å². The molecular formula is C46H40O4. The Morgan fingerprint density at radius 3 is 0.640 bits per heavy atom. The van der Waals surface area contributed by atoms with Crippen molar-refractivity contribution in [2.24, 2.45) is 0 Å². The molecule has 4 N–H and O–H groups in total. The summed E-state index contributed by atoms with van der Waals surface area (Å²) in [7, 11) is 0. The van der Waals surface area contributed by atoms with E-state index in [0.717, 1.165) is 38.5 Å². The molecule has 4 aliphatic rings. The van der Waals surface area contributed by atoms with Gasteiger partial charge in [0.1, 0.15) is 24.4 Å². The number of benzene rings is 4. The molecule has 248 valence electrons. The van der Waals surface area contributed by atoms with Crippen LogP contribution in [0.25, 0.3) is 0 Å². The first-order valence-electron chi connectivity index (χ1n) is 17.0. The number of terminal acetylenes is 4. The molecule has 4 heteroatoms. The molecule has 0 saturated heterocycles. The van der Waals surface area contributed by atoms with Crippen LogP contribution in [-0.2, 0) is 21.7 Å². The maximum absolute atomic E-state index is 10.4. The molecule has 4 saturated carbocycles. The van der Waals surface area contributed by atoms with Crippen molar-refractivity contribution in [1.29, 1.82) is 0 Å². The fraction of sp³-hybridized carbons (Fsp3) is 0.304. The van der Waals surface area contributed by atoms with Crippen LogP contribution in [0.5, 0.6) is 0 Å². The van der Waals surface area contributed by atoms with Gasteiger partial charge in [-0.1, -0.05) is 121 Å². The summed E-state index contributed by atoms with van der Waals surface area (Å²) in [6, 6.07) is 32.7. The molecule has 50 heavy (non-hydrogen) atoms. The zero-order valence-electron chi connectivity index (χ0n) is 27.9. The van der Waals surface area contributed by atoms with Crippen molar-refractivity contribution in [3.8, 4) is 49.4 Å². The molecule has 4 aromatic rings. The average Bonchev–Trinajstić information content (AvgIpc) is 3.16. The number of hydrogen-bond acceptors (Lipinski definition) is 4. The van der Waals surface area contributed by atoms with Gasteiger partial charge in [-0.3, -0.25) is 0 Å². The van der Waals surface area contributed by atoms with Crippen LogP contribution < -0.4 is 0 Å². The standard InChI is InChI=1S/C46H40O4/c1-5-39(47)31-9-17-35(18-10-31)43-25-44(36-19-11-32(12-20-36)40(48)6-2)28-45(26-43,37-21-13-33(14-22-37)41(49)7-3)30-46(27-43,29-44)38-23-15-34(16-24-38)42(50)8-4/h1-4,9-24,39-42,47-50H,25-30H2. The van der Waals surface area contributed by atoms with Crippen molar-refractivity contribution in [2.75, 3.05) is 0 Å². The molecule has 4 fully saturated rings. The molecule has 4 atom stereocenters. The summed E-state index contributed by atoms with van der Waals surface area (Å²) in [5.41, 5.74) is 6.59. The summed E-state index contributed by atoms with van der Waals surface area (Å²) in [6.07, 6.45) is 23.9. The van der Waals surface area contributed by atoms with Crippen LogP contribution >= 0.6 is 0 Å². The van der Waals surface area contributed by atoms with Crippen LogP contribution in [0.4, 0.5) is 0 Å². The summed E-state index contributed by atoms with van der Waals surface area (Å²) in [6.45, 7) is 0. The Morgan fingerprint density at radius 2 is 0.500 bits per heavy atom. The van der Waals surface area contributed by atoms with Gasteiger partial charge in [-0.25, -0.2) is 0 Å². The first-order valence-corrected chi connectivity index (χ1v) is 17.0. The maximum atomic E-state index is 10.4. The predicted octanol–water partition coefficient (Wildman–Crippen LogP) is 6.79. The third kappa shape index (κ3) is 5.34. The molecule has 4 nitrogen and oxygen atoms in total. The molecule has 4 aliphatic carbocycles. The third-order valence-electron chi connectivity index (χ3n) is 12.0. The van der Waals surface area contributed by atoms with Gasteiger partial charge in [0.15, 0.2) is 0 Å². The highest BCUT2D eigenvalue weighted by atomic mass is 16.3. The number of rotatable bonds is 8. The van der Waals surface area contributed by atoms with Crippen LogP contribution in [0, 0.1) is 49.4 Å². The van der Waals surface area contributed by atoms with Crippen molar-refractivity contribution in [3.63, 3.8) is 0 Å². The van der Waals surface area contributed by atoms with Crippen molar-refractivity contribution < 1.29 is 20.4 Å². The van der Waals surface area contributed by atoms with E-state index in [1.54, 1.807) is 0 Å². The van der Waals surface area contributed by atoms with Gasteiger partial charge in [-0.2, -0.15) is 0 Å². The highest BCUT2D eigenvalue weighted by molar-refractivity contribution is 5.51. The van der Waals surface area contributed by atoms with Crippen LogP contribution in [0.1, 0.15) is 107 Å². The lowest BCUT2D eigenvalue weighted by molar-refractivity contribution is -0.0692. The minimum Gasteiger partial charge on any atom is -0.376 e. The Balaban J connectivity index is 1.46. The zero-order chi connectivity index (χ0) is 35.3. The van der Waals surface area contributed by atoms with Crippen LogP contribution in [0.2, 0.25) is 0 Å². The molecule has 4 bridgehead atoms. The summed E-state index contributed by atoms with van der Waals surface area (Å²) in [4.78, 5) is 0. The summed E-state index contributed by atoms with van der Waals surface area (Å²) in [5, 5.41) is 41.7. The van der Waals surface area contributed by atoms with E-state index < -0.39 is 24.4 Å². The number of aliphatic hydroxyl groups excluding tert-OH is 4. The predicted molar refractivity (Wildman–Crippen MR) is 195 cm³/mol. The topological polar surface area (TPSA) is 80.9 Å². The number of aliphatic hydroxyl groups is 4. The number of hydrogen-bond donors (Lipinski definition) is 4. The lowest BCUT2D eigenvalue weighted by Gasteiger charge is -2.71. The second-order valence-corrected chi connectivity index (χ2v) is 14.9. The summed E-state index contributed by atoms with van der Waals surface area (Å²) in [5.74, 6) is 9.73. The molecule has 0 radical (unpaired) electrons. The monoisotopic (exact) mass is 656 g/mol. The van der Waals surface area contributed by atoms with Crippen LogP contribution in [0.15, 0.2) is 97.1 Å². The van der Waals surface area contributed by atoms with Gasteiger partial charge in [0.05, 0.1) is 0 Å². The van der Waals surface area contributed by atoms with E-state index in [2.05, 4.69) is 72.2 Å². The van der Waals surface area contributed by atoms with Crippen LogP contribution in [0.3, 0.4) is 0 Å². The van der Waals surface area contributed by atoms with E-state index >= 15 is 0 Å². The lowest BCUT2D eigenvalue weighted by Crippen LogP contribution is -2.67. The normalized spacial score (nSPS) is 28.6. The Bertz CT molecular complexity index is 1720. The van der Waals surface area contributed by atoms with Crippen molar-refractivity contribution in [1.82, 2.24) is 0 Å². The molecule has 0 heterocycles. The molecule has 0 aromatic heterocycles. The van der Waals surface area contributed by atoms with Crippen molar-refractivity contribution in [3.05, 3.63) is 142 Å². The SMILES string of the molecule is C#CC(O)c1ccc(C23CC4(c5ccc(C(O)C#C)cc5)CC(c5ccc(C(O)C#C)cc5)(C2)CC(c2ccc(C(O)C#C)cc2)(C3)C4)cc1. The molecule has 4 aromatic carbocycles. The lowest BCUT2D eigenvalue weighted by atomic mass is 9.32. The Kier molecular flexibility index (Phi) is 8.28. The Labute approximate surface area is 295 Å². The van der Waals surface area contributed by atoms with E-state index in [-0.39, 0.29) is 21.7 Å². The molecule has 8 rings (SSSR count). The Hall–Kier alpha value is -5.04. The molecule has 0 aliphatic heterocycles. The minimum absolute atomic E-state index is 0.251. The van der Waals surface area contributed by atoms with Crippen LogP contribution in [-0.4, -0.2) is 20.4 Å². The average molecular weight is 657 g/mol. The van der Waals surface area contributed by atoms with E-state index in [1.165, 1.54) is 22.3 Å². The van der Waals surface area contributed by atoms with Gasteiger partial charge < -0.3 is 20.4 Å². The maximum Gasteiger partial charge on any atom is 0.139 e. The first-order chi connectivity index (χ1) is 24.0. The molecule has 0 amide bonds. The largest absolute Gasteiger partial charge is 0.376 e.